The number of aryl methyl sites for hydroxylation is 1. The van der Waals surface area contributed by atoms with Crippen LogP contribution in [0.1, 0.15) is 11.5 Å². The van der Waals surface area contributed by atoms with E-state index < -0.39 is 10.0 Å². The maximum absolute atomic E-state index is 12.8. The van der Waals surface area contributed by atoms with E-state index in [1.807, 2.05) is 19.1 Å². The fourth-order valence-electron chi connectivity index (χ4n) is 3.12. The number of carbonyl (C=O) groups excluding carboxylic acids is 1. The Labute approximate surface area is 201 Å². The highest BCUT2D eigenvalue weighted by Gasteiger charge is 2.17. The second-order valence-electron chi connectivity index (χ2n) is 7.33. The Balaban J connectivity index is 1.58. The van der Waals surface area contributed by atoms with E-state index in [1.165, 1.54) is 31.5 Å². The van der Waals surface area contributed by atoms with Crippen molar-refractivity contribution in [2.24, 2.45) is 0 Å². The predicted molar refractivity (Wildman–Crippen MR) is 132 cm³/mol. The predicted octanol–water partition coefficient (Wildman–Crippen LogP) is 5.25. The number of fused-ring (bicyclic) bond motifs is 1. The van der Waals surface area contributed by atoms with Gasteiger partial charge in [0.1, 0.15) is 11.3 Å². The number of anilines is 2. The molecule has 1 aromatic heterocycles. The molecule has 3 aromatic carbocycles. The van der Waals surface area contributed by atoms with Gasteiger partial charge in [0.25, 0.3) is 10.0 Å². The number of nitrogens with one attached hydrogen (secondary N) is 2. The third-order valence-corrected chi connectivity index (χ3v) is 6.51. The number of benzene rings is 3. The number of aldehydes is 1. The quantitative estimate of drug-likeness (QED) is 0.252. The summed E-state index contributed by atoms with van der Waals surface area (Å²) in [5, 5.41) is 3.44. The zero-order chi connectivity index (χ0) is 24.3. The van der Waals surface area contributed by atoms with Crippen LogP contribution in [0.4, 0.5) is 11.4 Å². The number of aromatic nitrogens is 1. The Morgan fingerprint density at radius 3 is 2.56 bits per heavy atom. The largest absolute Gasteiger partial charge is 0.495 e. The first-order valence-electron chi connectivity index (χ1n) is 10.0. The highest BCUT2D eigenvalue weighted by atomic mass is 35.5. The number of allylic oxidation sites excluding steroid dienone is 1. The van der Waals surface area contributed by atoms with E-state index >= 15 is 0 Å². The molecule has 0 aliphatic carbocycles. The molecular formula is C24H20ClN3O5S. The van der Waals surface area contributed by atoms with Crippen molar-refractivity contribution in [3.05, 3.63) is 83.3 Å². The second kappa shape index (κ2) is 9.58. The summed E-state index contributed by atoms with van der Waals surface area (Å²) in [4.78, 5) is 16.0. The molecule has 0 amide bonds. The van der Waals surface area contributed by atoms with Gasteiger partial charge >= 0.3 is 0 Å². The number of carbonyl (C=O) groups is 1. The van der Waals surface area contributed by atoms with E-state index in [0.717, 1.165) is 5.56 Å². The van der Waals surface area contributed by atoms with Crippen LogP contribution >= 0.6 is 11.6 Å². The molecule has 0 aliphatic rings. The molecule has 1 heterocycles. The van der Waals surface area contributed by atoms with Crippen LogP contribution in [0.5, 0.6) is 5.75 Å². The van der Waals surface area contributed by atoms with Crippen LogP contribution in [0.2, 0.25) is 5.02 Å². The number of methoxy groups -OCH3 is 1. The summed E-state index contributed by atoms with van der Waals surface area (Å²) in [6.07, 6.45) is 1.99. The number of sulfonamides is 1. The number of hydrogen-bond donors (Lipinski definition) is 2. The zero-order valence-corrected chi connectivity index (χ0v) is 19.8. The average molecular weight is 498 g/mol. The minimum atomic E-state index is -3.84. The normalized spacial score (nSPS) is 11.9. The molecule has 174 valence electrons. The molecule has 4 rings (SSSR count). The van der Waals surface area contributed by atoms with Crippen molar-refractivity contribution in [1.82, 2.24) is 4.98 Å². The van der Waals surface area contributed by atoms with Crippen molar-refractivity contribution in [3.8, 4) is 5.75 Å². The number of ether oxygens (including phenoxy) is 1. The van der Waals surface area contributed by atoms with Crippen molar-refractivity contribution in [2.75, 3.05) is 17.1 Å². The van der Waals surface area contributed by atoms with Gasteiger partial charge in [-0.2, -0.15) is 0 Å². The van der Waals surface area contributed by atoms with Crippen molar-refractivity contribution >= 4 is 56.0 Å². The molecule has 0 unspecified atom stereocenters. The first-order chi connectivity index (χ1) is 16.3. The number of nitrogens with zero attached hydrogens (tertiary/aromatic N) is 1. The molecule has 0 radical (unpaired) electrons. The Morgan fingerprint density at radius 2 is 1.85 bits per heavy atom. The fourth-order valence-corrected chi connectivity index (χ4v) is 4.36. The minimum Gasteiger partial charge on any atom is -0.495 e. The topological polar surface area (TPSA) is 111 Å². The molecule has 0 saturated heterocycles. The van der Waals surface area contributed by atoms with Crippen molar-refractivity contribution in [3.63, 3.8) is 0 Å². The van der Waals surface area contributed by atoms with Crippen LogP contribution in [-0.4, -0.2) is 26.8 Å². The van der Waals surface area contributed by atoms with Crippen LogP contribution in [0.15, 0.2) is 76.2 Å². The molecule has 34 heavy (non-hydrogen) atoms. The Hall–Kier alpha value is -3.82. The Bertz CT molecular complexity index is 1500. The lowest BCUT2D eigenvalue weighted by Crippen LogP contribution is -2.13. The van der Waals surface area contributed by atoms with Gasteiger partial charge in [-0.1, -0.05) is 29.3 Å². The monoisotopic (exact) mass is 497 g/mol. The number of halogens is 1. The first-order valence-corrected chi connectivity index (χ1v) is 11.9. The smallest absolute Gasteiger partial charge is 0.262 e. The van der Waals surface area contributed by atoms with Gasteiger partial charge < -0.3 is 14.5 Å². The second-order valence-corrected chi connectivity index (χ2v) is 9.45. The molecule has 0 bridgehead atoms. The number of hydrogen-bond acceptors (Lipinski definition) is 7. The third-order valence-electron chi connectivity index (χ3n) is 4.89. The third kappa shape index (κ3) is 5.05. The fraction of sp³-hybridized carbons (Fsp3) is 0.0833. The lowest BCUT2D eigenvalue weighted by molar-refractivity contribution is -0.103. The summed E-state index contributed by atoms with van der Waals surface area (Å²) in [6.45, 7) is 1.92. The van der Waals surface area contributed by atoms with E-state index in [1.54, 1.807) is 30.3 Å². The Kier molecular flexibility index (Phi) is 6.58. The lowest BCUT2D eigenvalue weighted by Gasteiger charge is -2.12. The molecule has 0 saturated carbocycles. The SMILES string of the molecule is COc1cc(S(=O)(=O)Nc2ccc(C)cc2)ccc1N/C=C(\C=O)c1nc2cc(Cl)ccc2o1. The highest BCUT2D eigenvalue weighted by molar-refractivity contribution is 7.92. The minimum absolute atomic E-state index is 0.0193. The van der Waals surface area contributed by atoms with Crippen molar-refractivity contribution in [1.29, 1.82) is 0 Å². The Morgan fingerprint density at radius 1 is 1.09 bits per heavy atom. The van der Waals surface area contributed by atoms with Gasteiger partial charge in [0.05, 0.1) is 23.3 Å². The van der Waals surface area contributed by atoms with Crippen LogP contribution in [-0.2, 0) is 14.8 Å². The van der Waals surface area contributed by atoms with Gasteiger partial charge in [0.2, 0.25) is 5.89 Å². The zero-order valence-electron chi connectivity index (χ0n) is 18.2. The first kappa shape index (κ1) is 23.3. The highest BCUT2D eigenvalue weighted by Crippen LogP contribution is 2.30. The molecule has 0 fully saturated rings. The molecular weight excluding hydrogens is 478 g/mol. The summed E-state index contributed by atoms with van der Waals surface area (Å²) >= 11 is 5.97. The molecule has 8 nitrogen and oxygen atoms in total. The van der Waals surface area contributed by atoms with Gasteiger partial charge in [-0.25, -0.2) is 13.4 Å². The maximum Gasteiger partial charge on any atom is 0.262 e. The van der Waals surface area contributed by atoms with Crippen molar-refractivity contribution in [2.45, 2.75) is 11.8 Å². The molecule has 2 N–H and O–H groups in total. The van der Waals surface area contributed by atoms with Crippen LogP contribution in [0.25, 0.3) is 16.7 Å². The van der Waals surface area contributed by atoms with E-state index in [-0.39, 0.29) is 22.1 Å². The van der Waals surface area contributed by atoms with E-state index in [9.17, 15) is 13.2 Å². The van der Waals surface area contributed by atoms with Gasteiger partial charge in [-0.15, -0.1) is 0 Å². The van der Waals surface area contributed by atoms with E-state index in [4.69, 9.17) is 20.8 Å². The number of rotatable bonds is 8. The maximum atomic E-state index is 12.8. The summed E-state index contributed by atoms with van der Waals surface area (Å²) in [7, 11) is -2.42. The summed E-state index contributed by atoms with van der Waals surface area (Å²) < 4.78 is 39.1. The van der Waals surface area contributed by atoms with Crippen molar-refractivity contribution < 1.29 is 22.4 Å². The molecule has 0 aliphatic heterocycles. The average Bonchev–Trinajstić information content (AvgIpc) is 3.23. The van der Waals surface area contributed by atoms with Gasteiger partial charge in [-0.3, -0.25) is 9.52 Å². The van der Waals surface area contributed by atoms with Crippen LogP contribution in [0, 0.1) is 6.92 Å². The van der Waals surface area contributed by atoms with Crippen LogP contribution < -0.4 is 14.8 Å². The lowest BCUT2D eigenvalue weighted by atomic mass is 10.2. The summed E-state index contributed by atoms with van der Waals surface area (Å²) in [5.74, 6) is 0.373. The molecule has 0 spiro atoms. The molecule has 0 atom stereocenters. The van der Waals surface area contributed by atoms with Gasteiger partial charge in [0.15, 0.2) is 11.9 Å². The summed E-state index contributed by atoms with van der Waals surface area (Å²) in [5.41, 5.74) is 3.06. The number of oxazole rings is 1. The van der Waals surface area contributed by atoms with Gasteiger partial charge in [-0.05, 0) is 49.4 Å². The van der Waals surface area contributed by atoms with Crippen LogP contribution in [0.3, 0.4) is 0 Å². The standard InChI is InChI=1S/C24H20ClN3O5S/c1-15-3-6-18(7-4-15)28-34(30,31)19-8-9-20(23(12-19)32-2)26-13-16(14-29)24-27-21-11-17(25)5-10-22(21)33-24/h3-14,26,28H,1-2H3/b16-13+. The molecule has 10 heteroatoms. The summed E-state index contributed by atoms with van der Waals surface area (Å²) in [6, 6.07) is 16.3. The molecule has 4 aromatic rings. The van der Waals surface area contributed by atoms with E-state index in [2.05, 4.69) is 15.0 Å². The van der Waals surface area contributed by atoms with E-state index in [0.29, 0.717) is 33.8 Å². The van der Waals surface area contributed by atoms with Gasteiger partial charge in [0, 0.05) is 23.0 Å².